The molecule has 0 aliphatic carbocycles. The zero-order chi connectivity index (χ0) is 13.9. The molecule has 0 bridgehead atoms. The third kappa shape index (κ3) is 6.80. The minimum atomic E-state index is 0.704. The lowest BCUT2D eigenvalue weighted by Crippen LogP contribution is -2.20. The van der Waals surface area contributed by atoms with Gasteiger partial charge in [-0.15, -0.1) is 0 Å². The largest absolute Gasteiger partial charge is 0.492 e. The molecule has 0 aliphatic heterocycles. The molecule has 0 amide bonds. The minimum Gasteiger partial charge on any atom is -0.492 e. The Hall–Kier alpha value is -0.780. The van der Waals surface area contributed by atoms with Crippen LogP contribution >= 0.6 is 11.8 Å². The molecule has 1 heterocycles. The summed E-state index contributed by atoms with van der Waals surface area (Å²) in [5.74, 6) is 2.01. The lowest BCUT2D eigenvalue weighted by atomic mass is 10.3. The van der Waals surface area contributed by atoms with Crippen LogP contribution < -0.4 is 10.1 Å². The first-order chi connectivity index (χ1) is 9.27. The number of aromatic nitrogens is 1. The van der Waals surface area contributed by atoms with Gasteiger partial charge in [0.15, 0.2) is 0 Å². The molecule has 5 heteroatoms. The summed E-state index contributed by atoms with van der Waals surface area (Å²) >= 11 is 1.84. The normalized spacial score (nSPS) is 10.7. The summed E-state index contributed by atoms with van der Waals surface area (Å²) in [6, 6.07) is 4.00. The lowest BCUT2D eigenvalue weighted by Gasteiger charge is -2.12. The van der Waals surface area contributed by atoms with Crippen molar-refractivity contribution in [3.8, 4) is 5.75 Å². The number of aryl methyl sites for hydroxylation is 1. The molecular weight excluding hydrogens is 260 g/mol. The van der Waals surface area contributed by atoms with Gasteiger partial charge < -0.3 is 14.8 Å². The zero-order valence-corrected chi connectivity index (χ0v) is 12.9. The molecule has 0 saturated heterocycles. The van der Waals surface area contributed by atoms with Gasteiger partial charge in [-0.3, -0.25) is 4.98 Å². The van der Waals surface area contributed by atoms with E-state index in [1.165, 1.54) is 0 Å². The topological polar surface area (TPSA) is 43.4 Å². The molecule has 108 valence electrons. The fourth-order valence-electron chi connectivity index (χ4n) is 1.62. The predicted molar refractivity (Wildman–Crippen MR) is 81.1 cm³/mol. The van der Waals surface area contributed by atoms with Gasteiger partial charge in [0.05, 0.1) is 18.9 Å². The Balaban J connectivity index is 2.48. The van der Waals surface area contributed by atoms with Crippen molar-refractivity contribution in [1.29, 1.82) is 0 Å². The first-order valence-electron chi connectivity index (χ1n) is 6.56. The summed E-state index contributed by atoms with van der Waals surface area (Å²) in [6.45, 7) is 4.98. The van der Waals surface area contributed by atoms with E-state index in [9.17, 15) is 0 Å². The van der Waals surface area contributed by atoms with Gasteiger partial charge >= 0.3 is 0 Å². The second-order valence-electron chi connectivity index (χ2n) is 4.26. The Morgan fingerprint density at radius 2 is 2.16 bits per heavy atom. The van der Waals surface area contributed by atoms with Crippen molar-refractivity contribution in [2.24, 2.45) is 0 Å². The summed E-state index contributed by atoms with van der Waals surface area (Å²) in [4.78, 5) is 4.54. The number of rotatable bonds is 10. The Bertz CT molecular complexity index is 361. The summed E-state index contributed by atoms with van der Waals surface area (Å²) in [5, 5.41) is 3.30. The van der Waals surface area contributed by atoms with Crippen molar-refractivity contribution < 1.29 is 9.47 Å². The van der Waals surface area contributed by atoms with E-state index in [4.69, 9.17) is 9.47 Å². The molecule has 1 N–H and O–H groups in total. The summed E-state index contributed by atoms with van der Waals surface area (Å²) < 4.78 is 10.8. The molecule has 0 spiro atoms. The maximum Gasteiger partial charge on any atom is 0.142 e. The highest BCUT2D eigenvalue weighted by Gasteiger charge is 2.05. The van der Waals surface area contributed by atoms with Gasteiger partial charge in [-0.1, -0.05) is 0 Å². The molecule has 1 rings (SSSR count). The number of methoxy groups -OCH3 is 1. The Kier molecular flexibility index (Phi) is 8.62. The van der Waals surface area contributed by atoms with E-state index in [0.717, 1.165) is 42.5 Å². The van der Waals surface area contributed by atoms with Crippen LogP contribution in [0.5, 0.6) is 5.75 Å². The van der Waals surface area contributed by atoms with Gasteiger partial charge in [0, 0.05) is 25.9 Å². The minimum absolute atomic E-state index is 0.704. The van der Waals surface area contributed by atoms with E-state index in [2.05, 4.69) is 16.6 Å². The van der Waals surface area contributed by atoms with Crippen molar-refractivity contribution in [2.75, 3.05) is 38.9 Å². The molecule has 1 aromatic rings. The molecule has 1 aromatic heterocycles. The molecule has 0 atom stereocenters. The SMILES string of the molecule is COCCNCc1nc(C)ccc1OCCCSC. The molecule has 4 nitrogen and oxygen atoms in total. The van der Waals surface area contributed by atoms with Crippen molar-refractivity contribution in [2.45, 2.75) is 19.9 Å². The van der Waals surface area contributed by atoms with Crippen molar-refractivity contribution >= 4 is 11.8 Å². The van der Waals surface area contributed by atoms with Crippen LogP contribution in [0.2, 0.25) is 0 Å². The molecule has 0 aromatic carbocycles. The zero-order valence-electron chi connectivity index (χ0n) is 12.1. The maximum atomic E-state index is 5.80. The number of nitrogens with zero attached hydrogens (tertiary/aromatic N) is 1. The summed E-state index contributed by atoms with van der Waals surface area (Å²) in [6.07, 6.45) is 3.17. The third-order valence-corrected chi connectivity index (χ3v) is 3.29. The second kappa shape index (κ2) is 10.1. The van der Waals surface area contributed by atoms with Gasteiger partial charge in [-0.25, -0.2) is 0 Å². The smallest absolute Gasteiger partial charge is 0.142 e. The Morgan fingerprint density at radius 1 is 1.32 bits per heavy atom. The molecular formula is C14H24N2O2S. The number of nitrogens with one attached hydrogen (secondary N) is 1. The average Bonchev–Trinajstić information content (AvgIpc) is 2.41. The highest BCUT2D eigenvalue weighted by molar-refractivity contribution is 7.98. The quantitative estimate of drug-likeness (QED) is 0.668. The van der Waals surface area contributed by atoms with Crippen LogP contribution in [0.15, 0.2) is 12.1 Å². The summed E-state index contributed by atoms with van der Waals surface area (Å²) in [7, 11) is 1.70. The van der Waals surface area contributed by atoms with Crippen LogP contribution in [0.1, 0.15) is 17.8 Å². The van der Waals surface area contributed by atoms with Crippen LogP contribution in [0, 0.1) is 6.92 Å². The standard InChI is InChI=1S/C14H24N2O2S/c1-12-5-6-14(18-8-4-10-19-3)13(16-12)11-15-7-9-17-2/h5-6,15H,4,7-11H2,1-3H3. The monoisotopic (exact) mass is 284 g/mol. The fraction of sp³-hybridized carbons (Fsp3) is 0.643. The number of thioether (sulfide) groups is 1. The molecule has 0 radical (unpaired) electrons. The van der Waals surface area contributed by atoms with Crippen LogP contribution in [0.3, 0.4) is 0 Å². The molecule has 0 fully saturated rings. The Morgan fingerprint density at radius 3 is 2.89 bits per heavy atom. The van der Waals surface area contributed by atoms with E-state index >= 15 is 0 Å². The van der Waals surface area contributed by atoms with Gasteiger partial charge in [0.1, 0.15) is 5.75 Å². The molecule has 19 heavy (non-hydrogen) atoms. The van der Waals surface area contributed by atoms with Crippen LogP contribution in [0.25, 0.3) is 0 Å². The second-order valence-corrected chi connectivity index (χ2v) is 5.25. The Labute approximate surface area is 120 Å². The average molecular weight is 284 g/mol. The van der Waals surface area contributed by atoms with Gasteiger partial charge in [-0.05, 0) is 37.5 Å². The van der Waals surface area contributed by atoms with Crippen molar-refractivity contribution in [1.82, 2.24) is 10.3 Å². The van der Waals surface area contributed by atoms with E-state index in [-0.39, 0.29) is 0 Å². The van der Waals surface area contributed by atoms with Crippen molar-refractivity contribution in [3.05, 3.63) is 23.5 Å². The van der Waals surface area contributed by atoms with Gasteiger partial charge in [-0.2, -0.15) is 11.8 Å². The van der Waals surface area contributed by atoms with Gasteiger partial charge in [0.25, 0.3) is 0 Å². The summed E-state index contributed by atoms with van der Waals surface area (Å²) in [5.41, 5.74) is 1.99. The number of hydrogen-bond acceptors (Lipinski definition) is 5. The number of hydrogen-bond donors (Lipinski definition) is 1. The number of pyridine rings is 1. The highest BCUT2D eigenvalue weighted by atomic mass is 32.2. The number of ether oxygens (including phenoxy) is 2. The first kappa shape index (κ1) is 16.3. The highest BCUT2D eigenvalue weighted by Crippen LogP contribution is 2.17. The molecule has 0 unspecified atom stereocenters. The molecule has 0 saturated carbocycles. The lowest BCUT2D eigenvalue weighted by molar-refractivity contribution is 0.199. The fourth-order valence-corrected chi connectivity index (χ4v) is 2.03. The van der Waals surface area contributed by atoms with E-state index < -0.39 is 0 Å². The first-order valence-corrected chi connectivity index (χ1v) is 7.95. The third-order valence-electron chi connectivity index (χ3n) is 2.60. The van der Waals surface area contributed by atoms with E-state index in [0.29, 0.717) is 13.2 Å². The van der Waals surface area contributed by atoms with Crippen LogP contribution in [-0.4, -0.2) is 43.9 Å². The maximum absolute atomic E-state index is 5.80. The van der Waals surface area contributed by atoms with E-state index in [1.807, 2.05) is 30.8 Å². The van der Waals surface area contributed by atoms with Gasteiger partial charge in [0.2, 0.25) is 0 Å². The van der Waals surface area contributed by atoms with E-state index in [1.54, 1.807) is 7.11 Å². The van der Waals surface area contributed by atoms with Crippen molar-refractivity contribution in [3.63, 3.8) is 0 Å². The van der Waals surface area contributed by atoms with Crippen LogP contribution in [0.4, 0.5) is 0 Å². The molecule has 0 aliphatic rings. The predicted octanol–water partition coefficient (Wildman–Crippen LogP) is 2.26. The van der Waals surface area contributed by atoms with Crippen LogP contribution in [-0.2, 0) is 11.3 Å².